The molecule has 18 heavy (non-hydrogen) atoms. The minimum Gasteiger partial charge on any atom is -0.354 e. The largest absolute Gasteiger partial charge is 0.354 e. The summed E-state index contributed by atoms with van der Waals surface area (Å²) in [7, 11) is 0. The minimum atomic E-state index is 0.494. The molecule has 0 bridgehead atoms. The van der Waals surface area contributed by atoms with Gasteiger partial charge >= 0.3 is 0 Å². The number of nitrogens with zero attached hydrogens (tertiary/aromatic N) is 3. The van der Waals surface area contributed by atoms with Crippen molar-refractivity contribution in [3.05, 3.63) is 5.82 Å². The Morgan fingerprint density at radius 3 is 3.06 bits per heavy atom. The molecular weight excluding hydrogens is 228 g/mol. The second-order valence-electron chi connectivity index (χ2n) is 5.22. The Balaban J connectivity index is 1.81. The summed E-state index contributed by atoms with van der Waals surface area (Å²) in [5.74, 6) is 2.49. The molecule has 6 heteroatoms. The lowest BCUT2D eigenvalue weighted by molar-refractivity contribution is 0.234. The SMILES string of the molecule is NCCc1nc2n(n1)C(C1CCCNC1)CCN2. The minimum absolute atomic E-state index is 0.494. The van der Waals surface area contributed by atoms with E-state index < -0.39 is 0 Å². The van der Waals surface area contributed by atoms with Crippen molar-refractivity contribution in [3.8, 4) is 0 Å². The Morgan fingerprint density at radius 2 is 2.28 bits per heavy atom. The van der Waals surface area contributed by atoms with Crippen molar-refractivity contribution < 1.29 is 0 Å². The number of aromatic nitrogens is 3. The molecule has 100 valence electrons. The number of rotatable bonds is 3. The first-order chi connectivity index (χ1) is 8.88. The van der Waals surface area contributed by atoms with E-state index in [9.17, 15) is 0 Å². The fourth-order valence-electron chi connectivity index (χ4n) is 3.05. The van der Waals surface area contributed by atoms with Gasteiger partial charge in [0.15, 0.2) is 5.82 Å². The number of anilines is 1. The van der Waals surface area contributed by atoms with E-state index in [2.05, 4.69) is 25.4 Å². The highest BCUT2D eigenvalue weighted by Gasteiger charge is 2.30. The van der Waals surface area contributed by atoms with E-state index in [1.807, 2.05) is 0 Å². The smallest absolute Gasteiger partial charge is 0.221 e. The molecule has 0 amide bonds. The summed E-state index contributed by atoms with van der Waals surface area (Å²) in [6, 6.07) is 0.494. The first kappa shape index (κ1) is 11.9. The molecule has 3 rings (SSSR count). The Bertz CT molecular complexity index is 395. The fraction of sp³-hybridized carbons (Fsp3) is 0.833. The van der Waals surface area contributed by atoms with Crippen molar-refractivity contribution >= 4 is 5.95 Å². The van der Waals surface area contributed by atoms with Crippen molar-refractivity contribution in [3.63, 3.8) is 0 Å². The van der Waals surface area contributed by atoms with Gasteiger partial charge in [-0.3, -0.25) is 0 Å². The second kappa shape index (κ2) is 5.24. The Kier molecular flexibility index (Phi) is 3.47. The van der Waals surface area contributed by atoms with Crippen LogP contribution in [0.25, 0.3) is 0 Å². The van der Waals surface area contributed by atoms with E-state index in [0.29, 0.717) is 18.5 Å². The van der Waals surface area contributed by atoms with Crippen molar-refractivity contribution in [2.45, 2.75) is 31.7 Å². The summed E-state index contributed by atoms with van der Waals surface area (Å²) in [5.41, 5.74) is 5.58. The molecule has 0 aromatic carbocycles. The fourth-order valence-corrected chi connectivity index (χ4v) is 3.05. The van der Waals surface area contributed by atoms with Crippen molar-refractivity contribution in [1.29, 1.82) is 0 Å². The highest BCUT2D eigenvalue weighted by Crippen LogP contribution is 2.32. The van der Waals surface area contributed by atoms with Crippen LogP contribution in [-0.2, 0) is 6.42 Å². The molecule has 3 heterocycles. The third kappa shape index (κ3) is 2.22. The van der Waals surface area contributed by atoms with Gasteiger partial charge in [0.25, 0.3) is 0 Å². The molecule has 1 aromatic heterocycles. The molecule has 0 spiro atoms. The zero-order valence-corrected chi connectivity index (χ0v) is 10.7. The van der Waals surface area contributed by atoms with E-state index in [1.165, 1.54) is 12.8 Å². The van der Waals surface area contributed by atoms with Crippen LogP contribution in [0.15, 0.2) is 0 Å². The van der Waals surface area contributed by atoms with Crippen LogP contribution in [0, 0.1) is 5.92 Å². The molecule has 1 fully saturated rings. The number of piperidine rings is 1. The van der Waals surface area contributed by atoms with Crippen LogP contribution in [0.5, 0.6) is 0 Å². The summed E-state index contributed by atoms with van der Waals surface area (Å²) < 4.78 is 2.10. The third-order valence-electron chi connectivity index (χ3n) is 3.96. The molecule has 2 aliphatic heterocycles. The first-order valence-electron chi connectivity index (χ1n) is 6.98. The van der Waals surface area contributed by atoms with E-state index >= 15 is 0 Å². The van der Waals surface area contributed by atoms with Gasteiger partial charge in [-0.05, 0) is 44.8 Å². The lowest BCUT2D eigenvalue weighted by Crippen LogP contribution is -2.38. The van der Waals surface area contributed by atoms with Gasteiger partial charge in [-0.1, -0.05) is 0 Å². The number of hydrogen-bond donors (Lipinski definition) is 3. The molecule has 0 aliphatic carbocycles. The highest BCUT2D eigenvalue weighted by molar-refractivity contribution is 5.28. The second-order valence-corrected chi connectivity index (χ2v) is 5.22. The van der Waals surface area contributed by atoms with Gasteiger partial charge in [-0.15, -0.1) is 0 Å². The van der Waals surface area contributed by atoms with Crippen molar-refractivity contribution in [1.82, 2.24) is 20.1 Å². The molecule has 2 unspecified atom stereocenters. The number of hydrogen-bond acceptors (Lipinski definition) is 5. The summed E-state index contributed by atoms with van der Waals surface area (Å²) in [5, 5.41) is 11.5. The Labute approximate surface area is 107 Å². The zero-order valence-electron chi connectivity index (χ0n) is 10.7. The van der Waals surface area contributed by atoms with Crippen molar-refractivity contribution in [2.75, 3.05) is 31.5 Å². The van der Waals surface area contributed by atoms with Crippen LogP contribution >= 0.6 is 0 Å². The Morgan fingerprint density at radius 1 is 1.33 bits per heavy atom. The summed E-state index contributed by atoms with van der Waals surface area (Å²) in [6.07, 6.45) is 4.47. The van der Waals surface area contributed by atoms with Crippen LogP contribution in [0.1, 0.15) is 31.1 Å². The van der Waals surface area contributed by atoms with Gasteiger partial charge in [0.1, 0.15) is 0 Å². The molecule has 1 aromatic rings. The van der Waals surface area contributed by atoms with Crippen LogP contribution in [-0.4, -0.2) is 40.9 Å². The molecule has 1 saturated heterocycles. The van der Waals surface area contributed by atoms with E-state index in [1.54, 1.807) is 0 Å². The van der Waals surface area contributed by atoms with Gasteiger partial charge in [-0.25, -0.2) is 4.68 Å². The van der Waals surface area contributed by atoms with E-state index in [-0.39, 0.29) is 0 Å². The van der Waals surface area contributed by atoms with E-state index in [0.717, 1.165) is 44.2 Å². The predicted molar refractivity (Wildman–Crippen MR) is 70.5 cm³/mol. The van der Waals surface area contributed by atoms with Crippen LogP contribution in [0.3, 0.4) is 0 Å². The molecule has 2 aliphatic rings. The molecule has 6 nitrogen and oxygen atoms in total. The third-order valence-corrected chi connectivity index (χ3v) is 3.96. The quantitative estimate of drug-likeness (QED) is 0.711. The van der Waals surface area contributed by atoms with Gasteiger partial charge in [0, 0.05) is 13.0 Å². The molecule has 4 N–H and O–H groups in total. The zero-order chi connectivity index (χ0) is 12.4. The van der Waals surface area contributed by atoms with Gasteiger partial charge in [0.05, 0.1) is 6.04 Å². The molecule has 0 radical (unpaired) electrons. The monoisotopic (exact) mass is 250 g/mol. The maximum atomic E-state index is 5.58. The summed E-state index contributed by atoms with van der Waals surface area (Å²) in [4.78, 5) is 4.53. The van der Waals surface area contributed by atoms with Crippen LogP contribution < -0.4 is 16.4 Å². The normalized spacial score (nSPS) is 27.6. The molecular formula is C12H22N6. The van der Waals surface area contributed by atoms with Crippen molar-refractivity contribution in [2.24, 2.45) is 11.7 Å². The number of nitrogens with two attached hydrogens (primary N) is 1. The maximum Gasteiger partial charge on any atom is 0.221 e. The Hall–Kier alpha value is -1.14. The number of fused-ring (bicyclic) bond motifs is 1. The highest BCUT2D eigenvalue weighted by atomic mass is 15.4. The average Bonchev–Trinajstić information content (AvgIpc) is 2.82. The van der Waals surface area contributed by atoms with E-state index in [4.69, 9.17) is 5.73 Å². The molecule has 2 atom stereocenters. The van der Waals surface area contributed by atoms with Gasteiger partial charge < -0.3 is 16.4 Å². The standard InChI is InChI=1S/C12H22N6/c13-5-3-11-16-12-15-7-4-10(18(12)17-11)9-2-1-6-14-8-9/h9-10,14H,1-8,13H2,(H,15,16,17). The van der Waals surface area contributed by atoms with Crippen LogP contribution in [0.2, 0.25) is 0 Å². The predicted octanol–water partition coefficient (Wildman–Crippen LogP) is 0.136. The van der Waals surface area contributed by atoms with Gasteiger partial charge in [-0.2, -0.15) is 10.1 Å². The lowest BCUT2D eigenvalue weighted by Gasteiger charge is -2.34. The average molecular weight is 250 g/mol. The molecule has 0 saturated carbocycles. The topological polar surface area (TPSA) is 80.8 Å². The first-order valence-corrected chi connectivity index (χ1v) is 6.98. The van der Waals surface area contributed by atoms with Crippen LogP contribution in [0.4, 0.5) is 5.95 Å². The number of nitrogens with one attached hydrogen (secondary N) is 2. The summed E-state index contributed by atoms with van der Waals surface area (Å²) in [6.45, 7) is 3.88. The maximum absolute atomic E-state index is 5.58. The summed E-state index contributed by atoms with van der Waals surface area (Å²) >= 11 is 0. The lowest BCUT2D eigenvalue weighted by atomic mass is 9.89. The van der Waals surface area contributed by atoms with Gasteiger partial charge in [0.2, 0.25) is 5.95 Å².